The van der Waals surface area contributed by atoms with Crippen LogP contribution in [0.3, 0.4) is 0 Å². The number of aliphatic hydroxyl groups is 2. The minimum atomic E-state index is -1.94. The van der Waals surface area contributed by atoms with Crippen molar-refractivity contribution in [3.05, 3.63) is 76.4 Å². The average Bonchev–Trinajstić information content (AvgIpc) is 3.69. The third kappa shape index (κ3) is 10.9. The molecule has 5 atom stereocenters. The molecule has 9 rings (SSSR count). The van der Waals surface area contributed by atoms with Crippen molar-refractivity contribution in [2.75, 3.05) is 56.0 Å². The number of allylic oxidation sites excluding steroid dienone is 3. The van der Waals surface area contributed by atoms with Gasteiger partial charge in [-0.1, -0.05) is 39.0 Å². The molecule has 19 nitrogen and oxygen atoms in total. The number of nitrogens with one attached hydrogen (secondary N) is 1. The van der Waals surface area contributed by atoms with Gasteiger partial charge in [-0.05, 0) is 57.6 Å². The van der Waals surface area contributed by atoms with E-state index >= 15 is 0 Å². The molecule has 2 unspecified atom stereocenters. The van der Waals surface area contributed by atoms with Crippen LogP contribution in [0.25, 0.3) is 10.8 Å². The number of anilines is 2. The second-order valence-electron chi connectivity index (χ2n) is 20.0. The summed E-state index contributed by atoms with van der Waals surface area (Å²) >= 11 is 0. The summed E-state index contributed by atoms with van der Waals surface area (Å²) < 4.78 is 18.2. The van der Waals surface area contributed by atoms with Gasteiger partial charge in [0, 0.05) is 107 Å². The molecule has 6 aliphatic heterocycles. The number of amides is 2. The average molecular weight is 979 g/mol. The number of carbonyl (C=O) groups excluding carboxylic acids is 4. The first-order chi connectivity index (χ1) is 33.9. The van der Waals surface area contributed by atoms with Crippen molar-refractivity contribution in [3.8, 4) is 17.2 Å². The first kappa shape index (κ1) is 50.9. The van der Waals surface area contributed by atoms with Crippen LogP contribution in [0.1, 0.15) is 102 Å². The number of Topliss-reactive ketones (excluding diaryl/α,β-unsaturated/α-hetero) is 1. The molecule has 5 bridgehead atoms. The summed E-state index contributed by atoms with van der Waals surface area (Å²) in [5, 5.41) is 49.7. The van der Waals surface area contributed by atoms with Crippen molar-refractivity contribution < 1.29 is 53.8 Å². The van der Waals surface area contributed by atoms with Crippen molar-refractivity contribution in [1.29, 1.82) is 0 Å². The Hall–Kier alpha value is -6.44. The Kier molecular flexibility index (Phi) is 15.1. The number of ketones is 1. The monoisotopic (exact) mass is 978 g/mol. The molecule has 2 amide bonds. The lowest BCUT2D eigenvalue weighted by Crippen LogP contribution is -2.43. The van der Waals surface area contributed by atoms with Crippen molar-refractivity contribution in [2.45, 2.75) is 123 Å². The molecule has 3 aromatic rings. The van der Waals surface area contributed by atoms with E-state index in [0.717, 1.165) is 6.54 Å². The van der Waals surface area contributed by atoms with Crippen LogP contribution >= 0.6 is 0 Å². The number of aliphatic hydroxyl groups excluding tert-OH is 2. The Bertz CT molecular complexity index is 2770. The molecule has 2 aromatic carbocycles. The highest BCUT2D eigenvalue weighted by atomic mass is 16.7. The minimum Gasteiger partial charge on any atom is -0.507 e. The fourth-order valence-corrected chi connectivity index (χ4v) is 10.0. The maximum Gasteiger partial charge on any atom is 0.315 e. The first-order valence-corrected chi connectivity index (χ1v) is 24.7. The first-order valence-electron chi connectivity index (χ1n) is 24.7. The van der Waals surface area contributed by atoms with Crippen LogP contribution in [0.5, 0.6) is 17.2 Å². The van der Waals surface area contributed by atoms with Crippen LogP contribution in [-0.4, -0.2) is 139 Å². The Morgan fingerprint density at radius 1 is 0.958 bits per heavy atom. The molecular weight excluding hydrogens is 913 g/mol. The third-order valence-electron chi connectivity index (χ3n) is 14.0. The lowest BCUT2D eigenvalue weighted by molar-refractivity contribution is -0.154. The number of benzene rings is 2. The van der Waals surface area contributed by atoms with E-state index in [1.54, 1.807) is 68.4 Å². The van der Waals surface area contributed by atoms with Crippen LogP contribution in [0, 0.1) is 18.8 Å². The van der Waals surface area contributed by atoms with E-state index in [1.165, 1.54) is 13.2 Å². The number of hydrogen-bond donors (Lipinski definition) is 5. The SMILES string of the molecule is C/C1=C/C=C/C(C)[C@H](O)CC(O)C[C@H](OC(=O)CC(=O)N2CCCN(c3ncccn3)CC2)CC/C=C/O[C@@]2(C)Oc3c(C)c(O)c4c(O)c(c5c(c4c3C2=O)=NC2(CCN(CC(C)C)CC2)N=5)NC1=O. The molecule has 71 heavy (non-hydrogen) atoms. The fraction of sp³-hybridized carbons (Fsp3) is 0.538. The summed E-state index contributed by atoms with van der Waals surface area (Å²) in [7, 11) is 0. The van der Waals surface area contributed by atoms with Crippen molar-refractivity contribution in [3.63, 3.8) is 0 Å². The number of aromatic nitrogens is 2. The summed E-state index contributed by atoms with van der Waals surface area (Å²) in [5.41, 5.74) is -0.602. The van der Waals surface area contributed by atoms with Crippen LogP contribution in [0.4, 0.5) is 11.6 Å². The highest BCUT2D eigenvalue weighted by molar-refractivity contribution is 6.19. The van der Waals surface area contributed by atoms with Crippen molar-refractivity contribution in [1.82, 2.24) is 19.8 Å². The van der Waals surface area contributed by atoms with Gasteiger partial charge in [0.1, 0.15) is 35.1 Å². The number of likely N-dealkylation sites (tertiary alicyclic amines) is 1. The van der Waals surface area contributed by atoms with Gasteiger partial charge in [0.2, 0.25) is 11.9 Å². The summed E-state index contributed by atoms with van der Waals surface area (Å²) in [5.74, 6) is -4.56. The van der Waals surface area contributed by atoms with Gasteiger partial charge in [0.15, 0.2) is 11.4 Å². The second-order valence-corrected chi connectivity index (χ2v) is 20.0. The third-order valence-corrected chi connectivity index (χ3v) is 14.0. The molecule has 0 radical (unpaired) electrons. The van der Waals surface area contributed by atoms with Gasteiger partial charge in [-0.25, -0.2) is 9.97 Å². The molecule has 0 saturated carbocycles. The molecule has 0 aliphatic carbocycles. The Morgan fingerprint density at radius 3 is 2.42 bits per heavy atom. The summed E-state index contributed by atoms with van der Waals surface area (Å²) in [6.07, 6.45) is 9.60. The van der Waals surface area contributed by atoms with Crippen molar-refractivity contribution in [2.24, 2.45) is 21.8 Å². The molecule has 6 aliphatic rings. The van der Waals surface area contributed by atoms with Gasteiger partial charge in [-0.3, -0.25) is 29.2 Å². The standard InChI is InChI=1S/C52H66N8O11/c1-30(2)29-58-21-15-52(16-22-58)56-42-39-40-45(65)33(5)47-41(39)48(67)51(6,71-47)69-25-8-7-14-35(70-38(64)28-37(63)59-19-11-20-60(24-23-59)50-53-17-10-18-54-50)26-34(61)27-36(62)31(3)12-9-13-32(4)49(68)55-44(46(40)66)43(42)57-52/h8-10,12-13,17-18,25,30-31,34-36,61-62,65-66H,7,11,14-16,19-24,26-29H2,1-6H3,(H,55,68)/b12-9+,25-8+,32-13-/t31?,34?,35-,36-,51+/m1/s1. The topological polar surface area (TPSA) is 249 Å². The Morgan fingerprint density at radius 2 is 1.69 bits per heavy atom. The number of phenols is 2. The van der Waals surface area contributed by atoms with Crippen LogP contribution < -0.4 is 25.7 Å². The molecular formula is C52H66N8O11. The van der Waals surface area contributed by atoms with Gasteiger partial charge >= 0.3 is 11.8 Å². The highest BCUT2D eigenvalue weighted by Crippen LogP contribution is 2.50. The van der Waals surface area contributed by atoms with E-state index in [1.807, 2.05) is 4.90 Å². The number of aromatic hydroxyl groups is 2. The smallest absolute Gasteiger partial charge is 0.315 e. The van der Waals surface area contributed by atoms with Gasteiger partial charge in [-0.15, -0.1) is 0 Å². The van der Waals surface area contributed by atoms with E-state index in [2.05, 4.69) is 34.0 Å². The molecule has 5 N–H and O–H groups in total. The van der Waals surface area contributed by atoms with Crippen LogP contribution in [0.2, 0.25) is 0 Å². The van der Waals surface area contributed by atoms with Gasteiger partial charge in [0.25, 0.3) is 11.7 Å². The summed E-state index contributed by atoms with van der Waals surface area (Å²) in [6, 6.07) is 1.73. The maximum absolute atomic E-state index is 14.7. The van der Waals surface area contributed by atoms with E-state index < -0.39 is 65.5 Å². The molecule has 2 saturated heterocycles. The molecule has 1 aromatic heterocycles. The Balaban J connectivity index is 1.08. The molecule has 7 heterocycles. The zero-order chi connectivity index (χ0) is 50.8. The van der Waals surface area contributed by atoms with E-state index in [9.17, 15) is 39.6 Å². The minimum absolute atomic E-state index is 0.0362. The van der Waals surface area contributed by atoms with Gasteiger partial charge in [0.05, 0.1) is 34.8 Å². The van der Waals surface area contributed by atoms with Crippen LogP contribution in [0.15, 0.2) is 64.6 Å². The maximum atomic E-state index is 14.7. The van der Waals surface area contributed by atoms with Crippen LogP contribution in [-0.2, 0) is 23.9 Å². The molecule has 380 valence electrons. The van der Waals surface area contributed by atoms with E-state index in [4.69, 9.17) is 24.2 Å². The second kappa shape index (κ2) is 21.1. The fourth-order valence-electron chi connectivity index (χ4n) is 10.0. The quantitative estimate of drug-likeness (QED) is 0.131. The predicted molar refractivity (Wildman–Crippen MR) is 262 cm³/mol. The van der Waals surface area contributed by atoms with Gasteiger partial charge < -0.3 is 54.7 Å². The number of phenolic OH excluding ortho intramolecular Hbond substituents is 2. The number of ether oxygens (including phenoxy) is 3. The van der Waals surface area contributed by atoms with Gasteiger partial charge in [-0.2, -0.15) is 0 Å². The lowest BCUT2D eigenvalue weighted by Gasteiger charge is -2.36. The zero-order valence-corrected chi connectivity index (χ0v) is 41.4. The van der Waals surface area contributed by atoms with E-state index in [-0.39, 0.29) is 87.0 Å². The number of fused-ring (bicyclic) bond motifs is 13. The lowest BCUT2D eigenvalue weighted by atomic mass is 9.93. The number of esters is 1. The predicted octanol–water partition coefficient (Wildman–Crippen LogP) is 4.29. The van der Waals surface area contributed by atoms with E-state index in [0.29, 0.717) is 70.4 Å². The number of hydrogen-bond acceptors (Lipinski definition) is 17. The number of nitrogens with zero attached hydrogens (tertiary/aromatic N) is 7. The summed E-state index contributed by atoms with van der Waals surface area (Å²) in [6.45, 7) is 14.9. The zero-order valence-electron chi connectivity index (χ0n) is 41.4. The number of carbonyl (C=O) groups is 4. The molecule has 1 spiro atoms. The normalized spacial score (nSPS) is 26.9. The number of piperidine rings is 1. The Labute approximate surface area is 412 Å². The largest absolute Gasteiger partial charge is 0.507 e. The van der Waals surface area contributed by atoms with Crippen molar-refractivity contribution >= 4 is 46.0 Å². The molecule has 19 heteroatoms. The summed E-state index contributed by atoms with van der Waals surface area (Å²) in [4.78, 5) is 80.4. The number of rotatable bonds is 6. The highest BCUT2D eigenvalue weighted by Gasteiger charge is 2.50. The molecule has 2 fully saturated rings.